The average molecular weight is 569 g/mol. The Kier molecular flexibility index (Phi) is 8.56. The average Bonchev–Trinajstić information content (AvgIpc) is 3.52. The standard InChI is InChI=1S/C24H20ClF3N4O7/c25-23-30-21(32(34)35)11-31(23)10-9-16(33)12-36-17-3-1-15(2-4-17)20-13-38-22(29-20)14-37-18-5-7-19(8-6-18)39-24(26,27)28/h1-8,11,13,16,33H,9-10,12,14H2. The minimum atomic E-state index is -4.77. The Morgan fingerprint density at radius 3 is 2.33 bits per heavy atom. The van der Waals surface area contributed by atoms with E-state index in [9.17, 15) is 28.4 Å². The van der Waals surface area contributed by atoms with Gasteiger partial charge in [-0.1, -0.05) is 0 Å². The lowest BCUT2D eigenvalue weighted by molar-refractivity contribution is -0.389. The van der Waals surface area contributed by atoms with Gasteiger partial charge in [0.05, 0.1) is 6.10 Å². The molecule has 1 N–H and O–H groups in total. The van der Waals surface area contributed by atoms with E-state index >= 15 is 0 Å². The number of hydrogen-bond acceptors (Lipinski definition) is 9. The fraction of sp³-hybridized carbons (Fsp3) is 0.250. The molecule has 1 atom stereocenters. The summed E-state index contributed by atoms with van der Waals surface area (Å²) in [7, 11) is 0. The van der Waals surface area contributed by atoms with E-state index < -0.39 is 17.4 Å². The molecule has 1 unspecified atom stereocenters. The Labute approximate surface area is 223 Å². The lowest BCUT2D eigenvalue weighted by Gasteiger charge is -2.12. The highest BCUT2D eigenvalue weighted by Gasteiger charge is 2.31. The number of benzene rings is 2. The van der Waals surface area contributed by atoms with Crippen molar-refractivity contribution in [3.05, 3.63) is 82.3 Å². The number of hydrogen-bond donors (Lipinski definition) is 1. The summed E-state index contributed by atoms with van der Waals surface area (Å²) in [5.41, 5.74) is 1.25. The number of aliphatic hydroxyl groups is 1. The van der Waals surface area contributed by atoms with Crippen LogP contribution < -0.4 is 14.2 Å². The molecular formula is C24H20ClF3N4O7. The Morgan fingerprint density at radius 1 is 1.05 bits per heavy atom. The molecule has 2 heterocycles. The third kappa shape index (κ3) is 8.09. The fourth-order valence-electron chi connectivity index (χ4n) is 3.30. The molecule has 2 aromatic heterocycles. The molecule has 4 rings (SSSR count). The first-order valence-electron chi connectivity index (χ1n) is 11.3. The second-order valence-electron chi connectivity index (χ2n) is 8.03. The lowest BCUT2D eigenvalue weighted by atomic mass is 10.2. The summed E-state index contributed by atoms with van der Waals surface area (Å²) >= 11 is 5.86. The van der Waals surface area contributed by atoms with E-state index in [2.05, 4.69) is 14.7 Å². The van der Waals surface area contributed by atoms with Gasteiger partial charge in [0.15, 0.2) is 6.61 Å². The summed E-state index contributed by atoms with van der Waals surface area (Å²) in [6.07, 6.45) is -2.75. The van der Waals surface area contributed by atoms with E-state index in [1.54, 1.807) is 24.3 Å². The topological polar surface area (TPSA) is 135 Å². The van der Waals surface area contributed by atoms with E-state index in [0.717, 1.165) is 17.7 Å². The van der Waals surface area contributed by atoms with Crippen LogP contribution >= 0.6 is 11.6 Å². The molecule has 0 fully saturated rings. The number of nitro groups is 1. The summed E-state index contributed by atoms with van der Waals surface area (Å²) in [6, 6.07) is 11.8. The molecule has 0 bridgehead atoms. The zero-order chi connectivity index (χ0) is 28.0. The first kappa shape index (κ1) is 27.7. The quantitative estimate of drug-likeness (QED) is 0.176. The first-order valence-corrected chi connectivity index (χ1v) is 11.6. The van der Waals surface area contributed by atoms with Crippen molar-refractivity contribution >= 4 is 17.4 Å². The number of aliphatic hydroxyl groups excluding tert-OH is 1. The first-order chi connectivity index (χ1) is 18.6. The number of imidazole rings is 1. The van der Waals surface area contributed by atoms with Crippen molar-refractivity contribution in [2.75, 3.05) is 6.61 Å². The maximum Gasteiger partial charge on any atom is 0.573 e. The van der Waals surface area contributed by atoms with Gasteiger partial charge in [-0.2, -0.15) is 0 Å². The van der Waals surface area contributed by atoms with Crippen molar-refractivity contribution in [2.45, 2.75) is 32.0 Å². The summed E-state index contributed by atoms with van der Waals surface area (Å²) in [6.45, 7) is 0.165. The highest BCUT2D eigenvalue weighted by molar-refractivity contribution is 6.28. The van der Waals surface area contributed by atoms with Crippen LogP contribution in [-0.2, 0) is 13.2 Å². The Hall–Kier alpha value is -4.30. The van der Waals surface area contributed by atoms with Gasteiger partial charge >= 0.3 is 17.5 Å². The third-order valence-electron chi connectivity index (χ3n) is 5.17. The van der Waals surface area contributed by atoms with Crippen LogP contribution in [0.2, 0.25) is 5.28 Å². The largest absolute Gasteiger partial charge is 0.573 e. The van der Waals surface area contributed by atoms with Gasteiger partial charge in [-0.15, -0.1) is 13.2 Å². The number of oxazole rings is 1. The third-order valence-corrected chi connectivity index (χ3v) is 5.47. The van der Waals surface area contributed by atoms with Crippen molar-refractivity contribution < 1.29 is 41.8 Å². The molecule has 11 nitrogen and oxygen atoms in total. The number of alkyl halides is 3. The van der Waals surface area contributed by atoms with Crippen LogP contribution in [-0.4, -0.2) is 43.6 Å². The van der Waals surface area contributed by atoms with Crippen LogP contribution in [0, 0.1) is 10.1 Å². The van der Waals surface area contributed by atoms with Gasteiger partial charge in [0.1, 0.15) is 42.0 Å². The SMILES string of the molecule is O=[N+]([O-])c1cn(CCC(O)COc2ccc(-c3coc(COc4ccc(OC(F)(F)F)cc4)n3)cc2)c(Cl)n1. The van der Waals surface area contributed by atoms with Gasteiger partial charge < -0.3 is 33.8 Å². The molecule has 0 aliphatic rings. The molecule has 0 saturated carbocycles. The molecule has 15 heteroatoms. The molecule has 2 aromatic carbocycles. The van der Waals surface area contributed by atoms with Gasteiger partial charge in [-0.25, -0.2) is 4.98 Å². The van der Waals surface area contributed by atoms with Crippen LogP contribution in [0.15, 0.2) is 65.4 Å². The highest BCUT2D eigenvalue weighted by atomic mass is 35.5. The monoisotopic (exact) mass is 568 g/mol. The molecule has 0 amide bonds. The number of rotatable bonds is 12. The second-order valence-corrected chi connectivity index (χ2v) is 8.37. The Morgan fingerprint density at radius 2 is 1.69 bits per heavy atom. The lowest BCUT2D eigenvalue weighted by Crippen LogP contribution is -2.19. The molecule has 0 radical (unpaired) electrons. The molecule has 0 spiro atoms. The van der Waals surface area contributed by atoms with Crippen LogP contribution in [0.5, 0.6) is 17.2 Å². The van der Waals surface area contributed by atoms with E-state index in [0.29, 0.717) is 17.2 Å². The molecule has 0 saturated heterocycles. The van der Waals surface area contributed by atoms with Gasteiger partial charge in [0, 0.05) is 12.1 Å². The Bertz CT molecular complexity index is 1390. The van der Waals surface area contributed by atoms with Gasteiger partial charge in [-0.3, -0.25) is 4.57 Å². The summed E-state index contributed by atoms with van der Waals surface area (Å²) in [4.78, 5) is 18.1. The summed E-state index contributed by atoms with van der Waals surface area (Å²) in [5.74, 6) is 0.336. The summed E-state index contributed by atoms with van der Waals surface area (Å²) < 4.78 is 58.4. The molecule has 0 aliphatic heterocycles. The molecule has 39 heavy (non-hydrogen) atoms. The minimum absolute atomic E-state index is 0.0114. The van der Waals surface area contributed by atoms with Crippen LogP contribution in [0.3, 0.4) is 0 Å². The van der Waals surface area contributed by atoms with E-state index in [4.69, 9.17) is 25.5 Å². The van der Waals surface area contributed by atoms with Gasteiger partial charge in [0.2, 0.25) is 5.89 Å². The normalized spacial score (nSPS) is 12.2. The second kappa shape index (κ2) is 12.0. The molecular weight excluding hydrogens is 549 g/mol. The van der Waals surface area contributed by atoms with Crippen LogP contribution in [0.25, 0.3) is 11.3 Å². The van der Waals surface area contributed by atoms with Gasteiger partial charge in [0.25, 0.3) is 0 Å². The van der Waals surface area contributed by atoms with Crippen molar-refractivity contribution in [2.24, 2.45) is 0 Å². The molecule has 0 aliphatic carbocycles. The number of halogens is 4. The zero-order valence-corrected chi connectivity index (χ0v) is 20.6. The zero-order valence-electron chi connectivity index (χ0n) is 19.9. The van der Waals surface area contributed by atoms with Crippen molar-refractivity contribution in [1.82, 2.24) is 14.5 Å². The number of aromatic nitrogens is 3. The highest BCUT2D eigenvalue weighted by Crippen LogP contribution is 2.26. The fourth-order valence-corrected chi connectivity index (χ4v) is 3.52. The Balaban J connectivity index is 1.23. The van der Waals surface area contributed by atoms with Crippen molar-refractivity contribution in [1.29, 1.82) is 0 Å². The predicted molar refractivity (Wildman–Crippen MR) is 129 cm³/mol. The maximum absolute atomic E-state index is 12.2. The number of nitrogens with zero attached hydrogens (tertiary/aromatic N) is 4. The van der Waals surface area contributed by atoms with E-state index in [1.165, 1.54) is 29.2 Å². The molecule has 206 valence electrons. The maximum atomic E-state index is 12.2. The van der Waals surface area contributed by atoms with Crippen LogP contribution in [0.4, 0.5) is 19.0 Å². The summed E-state index contributed by atoms with van der Waals surface area (Å²) in [5, 5.41) is 20.9. The van der Waals surface area contributed by atoms with E-state index in [1.807, 2.05) is 0 Å². The van der Waals surface area contributed by atoms with Crippen molar-refractivity contribution in [3.63, 3.8) is 0 Å². The minimum Gasteiger partial charge on any atom is -0.491 e. The molecule has 4 aromatic rings. The number of aryl methyl sites for hydroxylation is 1. The van der Waals surface area contributed by atoms with E-state index in [-0.39, 0.29) is 48.9 Å². The van der Waals surface area contributed by atoms with Crippen LogP contribution in [0.1, 0.15) is 12.3 Å². The van der Waals surface area contributed by atoms with Crippen molar-refractivity contribution in [3.8, 4) is 28.5 Å². The number of ether oxygens (including phenoxy) is 3. The van der Waals surface area contributed by atoms with Gasteiger partial charge in [-0.05, 0) is 76.5 Å². The smallest absolute Gasteiger partial charge is 0.491 e. The predicted octanol–water partition coefficient (Wildman–Crippen LogP) is 5.41.